The summed E-state index contributed by atoms with van der Waals surface area (Å²) in [5, 5.41) is 2.84. The van der Waals surface area contributed by atoms with E-state index in [1.165, 1.54) is 0 Å². The zero-order chi connectivity index (χ0) is 23.1. The Morgan fingerprint density at radius 3 is 2.52 bits per heavy atom. The van der Waals surface area contributed by atoms with Crippen molar-refractivity contribution in [3.8, 4) is 16.9 Å². The van der Waals surface area contributed by atoms with Crippen LogP contribution in [0.25, 0.3) is 32.9 Å². The normalized spacial score (nSPS) is 11.2. The molecule has 1 aromatic heterocycles. The molecule has 5 aromatic rings. The summed E-state index contributed by atoms with van der Waals surface area (Å²) in [6.45, 7) is 0.474. The Balaban J connectivity index is 1.78. The lowest BCUT2D eigenvalue weighted by Crippen LogP contribution is -2.11. The first kappa shape index (κ1) is 21.4. The van der Waals surface area contributed by atoms with E-state index in [-0.39, 0.29) is 0 Å². The van der Waals surface area contributed by atoms with Gasteiger partial charge in [0.05, 0.1) is 18.1 Å². The van der Waals surface area contributed by atoms with Crippen LogP contribution in [0.15, 0.2) is 72.8 Å². The molecule has 0 aliphatic carbocycles. The number of benzene rings is 4. The molecular weight excluding hydrogens is 455 g/mol. The van der Waals surface area contributed by atoms with Gasteiger partial charge in [-0.05, 0) is 77.4 Å². The molecule has 0 aliphatic heterocycles. The number of fused-ring (bicyclic) bond motifs is 3. The van der Waals surface area contributed by atoms with E-state index in [1.807, 2.05) is 48.5 Å². The lowest BCUT2D eigenvalue weighted by atomic mass is 10.0. The monoisotopic (exact) mass is 473 g/mol. The first-order valence-electron chi connectivity index (χ1n) is 10.3. The molecule has 4 aromatic carbocycles. The van der Waals surface area contributed by atoms with E-state index in [1.54, 1.807) is 25.3 Å². The van der Waals surface area contributed by atoms with Gasteiger partial charge in [-0.15, -0.1) is 0 Å². The third-order valence-electron chi connectivity index (χ3n) is 5.82. The molecule has 0 unspecified atom stereocenters. The number of hydrogen-bond donors (Lipinski definition) is 1. The first-order valence-corrected chi connectivity index (χ1v) is 11.1. The van der Waals surface area contributed by atoms with Crippen molar-refractivity contribution in [2.45, 2.75) is 6.54 Å². The summed E-state index contributed by atoms with van der Waals surface area (Å²) in [6.07, 6.45) is 0. The van der Waals surface area contributed by atoms with Crippen LogP contribution in [0.3, 0.4) is 0 Å². The Labute approximate surface area is 201 Å². The van der Waals surface area contributed by atoms with Gasteiger partial charge in [0.2, 0.25) is 5.91 Å². The van der Waals surface area contributed by atoms with Crippen molar-refractivity contribution < 1.29 is 9.53 Å². The summed E-state index contributed by atoms with van der Waals surface area (Å²) < 4.78 is 7.40. The van der Waals surface area contributed by atoms with Crippen LogP contribution in [0.5, 0.6) is 5.75 Å². The number of hydrogen-bond acceptors (Lipinski definition) is 2. The fourth-order valence-corrected chi connectivity index (χ4v) is 4.59. The number of nitrogens with zero attached hydrogens (tertiary/aromatic N) is 1. The molecule has 0 saturated carbocycles. The van der Waals surface area contributed by atoms with Crippen LogP contribution in [0, 0.1) is 6.07 Å². The molecule has 163 valence electrons. The number of ether oxygens (including phenoxy) is 1. The number of primary amides is 1. The van der Waals surface area contributed by atoms with Crippen molar-refractivity contribution in [3.05, 3.63) is 100 Å². The summed E-state index contributed by atoms with van der Waals surface area (Å²) >= 11 is 12.7. The van der Waals surface area contributed by atoms with E-state index >= 15 is 0 Å². The molecule has 33 heavy (non-hydrogen) atoms. The summed E-state index contributed by atoms with van der Waals surface area (Å²) in [5.74, 6) is 0.313. The highest BCUT2D eigenvalue weighted by molar-refractivity contribution is 6.33. The van der Waals surface area contributed by atoms with Crippen molar-refractivity contribution in [2.24, 2.45) is 5.73 Å². The van der Waals surface area contributed by atoms with Crippen molar-refractivity contribution >= 4 is 50.9 Å². The van der Waals surface area contributed by atoms with Crippen molar-refractivity contribution in [3.63, 3.8) is 0 Å². The van der Waals surface area contributed by atoms with Gasteiger partial charge in [-0.2, -0.15) is 0 Å². The van der Waals surface area contributed by atoms with Gasteiger partial charge in [0, 0.05) is 32.9 Å². The molecule has 0 spiro atoms. The Morgan fingerprint density at radius 1 is 1.00 bits per heavy atom. The van der Waals surface area contributed by atoms with Gasteiger partial charge in [0.25, 0.3) is 0 Å². The van der Waals surface area contributed by atoms with Gasteiger partial charge in [0.1, 0.15) is 5.75 Å². The van der Waals surface area contributed by atoms with Crippen LogP contribution in [0.1, 0.15) is 15.9 Å². The second-order valence-electron chi connectivity index (χ2n) is 7.76. The van der Waals surface area contributed by atoms with Crippen molar-refractivity contribution in [2.75, 3.05) is 7.11 Å². The molecule has 5 rings (SSSR count). The average molecular weight is 474 g/mol. The third kappa shape index (κ3) is 3.82. The van der Waals surface area contributed by atoms with Crippen LogP contribution < -0.4 is 10.5 Å². The van der Waals surface area contributed by atoms with Gasteiger partial charge in [-0.25, -0.2) is 0 Å². The Hall–Kier alpha value is -3.47. The molecule has 1 heterocycles. The standard InChI is InChI=1S/C27H19Cl2N2O2/c1-33-20-9-5-16(6-10-20)17-7-11-21-25(14-17)31(15-18-13-19(28)8-12-23(18)29)24-4-2-3-22(26(21)24)27(30)32/h2-10,12-14H,15H2,1H3,(H2,30,32). The van der Waals surface area contributed by atoms with E-state index in [0.717, 1.165) is 44.2 Å². The number of carbonyl (C=O) groups excluding carboxylic acids is 1. The minimum atomic E-state index is -0.479. The second-order valence-corrected chi connectivity index (χ2v) is 8.61. The fourth-order valence-electron chi connectivity index (χ4n) is 4.22. The van der Waals surface area contributed by atoms with Crippen LogP contribution in [-0.2, 0) is 6.54 Å². The number of nitrogens with two attached hydrogens (primary N) is 1. The molecule has 4 nitrogen and oxygen atoms in total. The highest BCUT2D eigenvalue weighted by Crippen LogP contribution is 2.36. The predicted molar refractivity (Wildman–Crippen MR) is 134 cm³/mol. The van der Waals surface area contributed by atoms with Gasteiger partial charge >= 0.3 is 0 Å². The first-order chi connectivity index (χ1) is 16.0. The number of aromatic nitrogens is 1. The fraction of sp³-hybridized carbons (Fsp3) is 0.0741. The molecule has 1 amide bonds. The smallest absolute Gasteiger partial charge is 0.249 e. The number of methoxy groups -OCH3 is 1. The van der Waals surface area contributed by atoms with Crippen LogP contribution in [-0.4, -0.2) is 17.6 Å². The topological polar surface area (TPSA) is 57.2 Å². The summed E-state index contributed by atoms with van der Waals surface area (Å²) in [7, 11) is 1.64. The minimum Gasteiger partial charge on any atom is -0.497 e. The quantitative estimate of drug-likeness (QED) is 0.307. The maximum Gasteiger partial charge on any atom is 0.249 e. The Bertz CT molecular complexity index is 1520. The van der Waals surface area contributed by atoms with Crippen LogP contribution >= 0.6 is 23.2 Å². The zero-order valence-electron chi connectivity index (χ0n) is 17.7. The molecule has 6 heteroatoms. The molecule has 0 aliphatic rings. The molecule has 1 radical (unpaired) electrons. The van der Waals surface area contributed by atoms with Gasteiger partial charge in [-0.1, -0.05) is 41.4 Å². The summed E-state index contributed by atoms with van der Waals surface area (Å²) in [5.41, 5.74) is 10.9. The number of amides is 1. The van der Waals surface area contributed by atoms with E-state index in [2.05, 4.69) is 16.7 Å². The largest absolute Gasteiger partial charge is 0.497 e. The SMILES string of the molecule is COc1ccc(-c2c[c]c3c4c(C(N)=O)cccc4n(Cc4cc(Cl)ccc4Cl)c3c2)cc1. The summed E-state index contributed by atoms with van der Waals surface area (Å²) in [6, 6.07) is 26.2. The lowest BCUT2D eigenvalue weighted by molar-refractivity contribution is 0.100. The number of carbonyl (C=O) groups is 1. The van der Waals surface area contributed by atoms with Crippen LogP contribution in [0.4, 0.5) is 0 Å². The zero-order valence-corrected chi connectivity index (χ0v) is 19.2. The molecule has 0 bridgehead atoms. The Kier molecular flexibility index (Phi) is 5.49. The van der Waals surface area contributed by atoms with Gasteiger partial charge in [0.15, 0.2) is 0 Å². The van der Waals surface area contributed by atoms with Gasteiger partial charge < -0.3 is 15.0 Å². The van der Waals surface area contributed by atoms with E-state index in [0.29, 0.717) is 22.2 Å². The van der Waals surface area contributed by atoms with E-state index < -0.39 is 5.91 Å². The number of halogens is 2. The van der Waals surface area contributed by atoms with Crippen LogP contribution in [0.2, 0.25) is 10.0 Å². The molecule has 0 atom stereocenters. The highest BCUT2D eigenvalue weighted by atomic mass is 35.5. The number of rotatable bonds is 5. The van der Waals surface area contributed by atoms with E-state index in [4.69, 9.17) is 33.7 Å². The summed E-state index contributed by atoms with van der Waals surface area (Å²) in [4.78, 5) is 12.2. The molecule has 2 N–H and O–H groups in total. The van der Waals surface area contributed by atoms with Crippen molar-refractivity contribution in [1.82, 2.24) is 4.57 Å². The predicted octanol–water partition coefficient (Wildman–Crippen LogP) is 6.72. The molecular formula is C27H19Cl2N2O2. The van der Waals surface area contributed by atoms with Crippen molar-refractivity contribution in [1.29, 1.82) is 0 Å². The second kappa shape index (κ2) is 8.47. The Morgan fingerprint density at radius 2 is 1.79 bits per heavy atom. The highest BCUT2D eigenvalue weighted by Gasteiger charge is 2.18. The average Bonchev–Trinajstić information content (AvgIpc) is 3.14. The molecule has 0 saturated heterocycles. The minimum absolute atomic E-state index is 0.460. The molecule has 0 fully saturated rings. The van der Waals surface area contributed by atoms with Gasteiger partial charge in [-0.3, -0.25) is 4.79 Å². The van der Waals surface area contributed by atoms with E-state index in [9.17, 15) is 4.79 Å². The maximum atomic E-state index is 12.2. The maximum absolute atomic E-state index is 12.2. The lowest BCUT2D eigenvalue weighted by Gasteiger charge is -2.11. The third-order valence-corrected chi connectivity index (χ3v) is 6.42.